The van der Waals surface area contributed by atoms with Gasteiger partial charge < -0.3 is 10.6 Å². The Balaban J connectivity index is 2.03. The standard InChI is InChI=1S/C14H14N4O2/c19-18(20)11-14(17-13-6-2-1-3-7-13)16-10-12-5-4-8-15-9-12/h1-9,11,16-17H,10H2/b14-11+. The van der Waals surface area contributed by atoms with Crippen LogP contribution in [0, 0.1) is 10.1 Å². The van der Waals surface area contributed by atoms with E-state index in [1.807, 2.05) is 42.5 Å². The van der Waals surface area contributed by atoms with Crippen molar-refractivity contribution < 1.29 is 4.92 Å². The summed E-state index contributed by atoms with van der Waals surface area (Å²) in [6.07, 6.45) is 4.29. The minimum atomic E-state index is -0.498. The van der Waals surface area contributed by atoms with E-state index in [1.54, 1.807) is 12.4 Å². The quantitative estimate of drug-likeness (QED) is 0.622. The van der Waals surface area contributed by atoms with Crippen LogP contribution in [0.25, 0.3) is 0 Å². The molecular weight excluding hydrogens is 256 g/mol. The van der Waals surface area contributed by atoms with Crippen molar-refractivity contribution in [2.24, 2.45) is 0 Å². The second-order valence-corrected chi connectivity index (χ2v) is 4.03. The molecule has 0 spiro atoms. The smallest absolute Gasteiger partial charge is 0.274 e. The van der Waals surface area contributed by atoms with Crippen LogP contribution in [0.15, 0.2) is 66.9 Å². The Kier molecular flexibility index (Phi) is 4.66. The van der Waals surface area contributed by atoms with Crippen LogP contribution < -0.4 is 10.6 Å². The van der Waals surface area contributed by atoms with Crippen molar-refractivity contribution >= 4 is 5.69 Å². The molecule has 0 atom stereocenters. The Hall–Kier alpha value is -2.89. The van der Waals surface area contributed by atoms with E-state index in [9.17, 15) is 10.1 Å². The number of pyridine rings is 1. The van der Waals surface area contributed by atoms with Crippen LogP contribution in [-0.2, 0) is 6.54 Å². The Morgan fingerprint density at radius 1 is 1.25 bits per heavy atom. The molecule has 2 N–H and O–H groups in total. The van der Waals surface area contributed by atoms with Gasteiger partial charge in [0.2, 0.25) is 0 Å². The Bertz CT molecular complexity index is 585. The molecule has 6 nitrogen and oxygen atoms in total. The molecule has 102 valence electrons. The summed E-state index contributed by atoms with van der Waals surface area (Å²) in [6, 6.07) is 13.0. The predicted octanol–water partition coefficient (Wildman–Crippen LogP) is 2.36. The van der Waals surface area contributed by atoms with Crippen molar-refractivity contribution in [1.29, 1.82) is 0 Å². The number of nitrogens with zero attached hydrogens (tertiary/aromatic N) is 2. The summed E-state index contributed by atoms with van der Waals surface area (Å²) in [5, 5.41) is 16.6. The van der Waals surface area contributed by atoms with Crippen molar-refractivity contribution in [1.82, 2.24) is 10.3 Å². The van der Waals surface area contributed by atoms with E-state index in [4.69, 9.17) is 0 Å². The minimum absolute atomic E-state index is 0.324. The van der Waals surface area contributed by atoms with E-state index in [1.165, 1.54) is 0 Å². The lowest BCUT2D eigenvalue weighted by molar-refractivity contribution is -0.403. The third-order valence-corrected chi connectivity index (χ3v) is 2.49. The van der Waals surface area contributed by atoms with Crippen molar-refractivity contribution in [3.63, 3.8) is 0 Å². The van der Waals surface area contributed by atoms with Gasteiger partial charge in [-0.25, -0.2) is 0 Å². The summed E-state index contributed by atoms with van der Waals surface area (Å²) in [5.41, 5.74) is 1.72. The first-order valence-corrected chi connectivity index (χ1v) is 6.04. The van der Waals surface area contributed by atoms with Gasteiger partial charge in [0, 0.05) is 24.6 Å². The number of hydrogen-bond acceptors (Lipinski definition) is 5. The van der Waals surface area contributed by atoms with E-state index < -0.39 is 4.92 Å². The maximum Gasteiger partial charge on any atom is 0.274 e. The zero-order valence-corrected chi connectivity index (χ0v) is 10.7. The molecule has 0 radical (unpaired) electrons. The van der Waals surface area contributed by atoms with E-state index in [0.29, 0.717) is 12.4 Å². The zero-order valence-electron chi connectivity index (χ0n) is 10.7. The minimum Gasteiger partial charge on any atom is -0.362 e. The lowest BCUT2D eigenvalue weighted by atomic mass is 10.3. The maximum absolute atomic E-state index is 10.6. The van der Waals surface area contributed by atoms with Gasteiger partial charge >= 0.3 is 0 Å². The molecule has 0 amide bonds. The topological polar surface area (TPSA) is 80.1 Å². The molecule has 20 heavy (non-hydrogen) atoms. The van der Waals surface area contributed by atoms with Crippen molar-refractivity contribution in [2.45, 2.75) is 6.54 Å². The third-order valence-electron chi connectivity index (χ3n) is 2.49. The Morgan fingerprint density at radius 2 is 2.05 bits per heavy atom. The number of rotatable bonds is 6. The van der Waals surface area contributed by atoms with Gasteiger partial charge in [0.25, 0.3) is 6.20 Å². The SMILES string of the molecule is O=[N+]([O-])/C=C(\NCc1cccnc1)Nc1ccccc1. The van der Waals surface area contributed by atoms with Gasteiger partial charge in [-0.1, -0.05) is 24.3 Å². The van der Waals surface area contributed by atoms with Crippen molar-refractivity contribution in [3.05, 3.63) is 82.6 Å². The van der Waals surface area contributed by atoms with Crippen LogP contribution in [0.5, 0.6) is 0 Å². The van der Waals surface area contributed by atoms with Crippen molar-refractivity contribution in [3.8, 4) is 0 Å². The van der Waals surface area contributed by atoms with Crippen LogP contribution in [0.2, 0.25) is 0 Å². The second-order valence-electron chi connectivity index (χ2n) is 4.03. The van der Waals surface area contributed by atoms with Gasteiger partial charge in [0.15, 0.2) is 5.82 Å². The number of hydrogen-bond donors (Lipinski definition) is 2. The van der Waals surface area contributed by atoms with E-state index >= 15 is 0 Å². The van der Waals surface area contributed by atoms with Gasteiger partial charge in [-0.05, 0) is 23.8 Å². The molecule has 0 bridgehead atoms. The highest BCUT2D eigenvalue weighted by atomic mass is 16.6. The van der Waals surface area contributed by atoms with Gasteiger partial charge in [-0.15, -0.1) is 0 Å². The normalized spacial score (nSPS) is 10.9. The van der Waals surface area contributed by atoms with Crippen LogP contribution in [0.1, 0.15) is 5.56 Å². The lowest BCUT2D eigenvalue weighted by Crippen LogP contribution is -2.20. The summed E-state index contributed by atoms with van der Waals surface area (Å²) >= 11 is 0. The summed E-state index contributed by atoms with van der Waals surface area (Å²) in [6.45, 7) is 0.452. The van der Waals surface area contributed by atoms with E-state index in [2.05, 4.69) is 15.6 Å². The van der Waals surface area contributed by atoms with Crippen LogP contribution in [-0.4, -0.2) is 9.91 Å². The molecule has 2 aromatic rings. The van der Waals surface area contributed by atoms with Gasteiger partial charge in [0.05, 0.1) is 4.92 Å². The van der Waals surface area contributed by atoms with Gasteiger partial charge in [-0.2, -0.15) is 0 Å². The largest absolute Gasteiger partial charge is 0.362 e. The average molecular weight is 270 g/mol. The molecule has 0 saturated carbocycles. The summed E-state index contributed by atoms with van der Waals surface area (Å²) in [4.78, 5) is 14.1. The Morgan fingerprint density at radius 3 is 2.70 bits per heavy atom. The van der Waals surface area contributed by atoms with E-state index in [-0.39, 0.29) is 0 Å². The summed E-state index contributed by atoms with van der Waals surface area (Å²) < 4.78 is 0. The predicted molar refractivity (Wildman–Crippen MR) is 76.2 cm³/mol. The lowest BCUT2D eigenvalue weighted by Gasteiger charge is -2.11. The first-order chi connectivity index (χ1) is 9.74. The molecule has 0 fully saturated rings. The monoisotopic (exact) mass is 270 g/mol. The summed E-state index contributed by atoms with van der Waals surface area (Å²) in [5.74, 6) is 0.324. The highest BCUT2D eigenvalue weighted by molar-refractivity contribution is 5.47. The number of para-hydroxylation sites is 1. The molecule has 1 heterocycles. The number of benzene rings is 1. The fraction of sp³-hybridized carbons (Fsp3) is 0.0714. The van der Waals surface area contributed by atoms with Crippen molar-refractivity contribution in [2.75, 3.05) is 5.32 Å². The van der Waals surface area contributed by atoms with Gasteiger partial charge in [-0.3, -0.25) is 15.1 Å². The molecular formula is C14H14N4O2. The first kappa shape index (κ1) is 13.5. The molecule has 0 aliphatic carbocycles. The molecule has 1 aromatic heterocycles. The van der Waals surface area contributed by atoms with E-state index in [0.717, 1.165) is 17.5 Å². The summed E-state index contributed by atoms with van der Waals surface area (Å²) in [7, 11) is 0. The fourth-order valence-corrected chi connectivity index (χ4v) is 1.60. The van der Waals surface area contributed by atoms with Crippen LogP contribution in [0.3, 0.4) is 0 Å². The number of nitrogens with one attached hydrogen (secondary N) is 2. The highest BCUT2D eigenvalue weighted by Crippen LogP contribution is 2.08. The number of nitro groups is 1. The molecule has 2 rings (SSSR count). The molecule has 0 unspecified atom stereocenters. The number of anilines is 1. The highest BCUT2D eigenvalue weighted by Gasteiger charge is 2.03. The third kappa shape index (κ3) is 4.41. The molecule has 0 saturated heterocycles. The molecule has 6 heteroatoms. The fourth-order valence-electron chi connectivity index (χ4n) is 1.60. The molecule has 0 aliphatic heterocycles. The zero-order chi connectivity index (χ0) is 14.2. The molecule has 0 aliphatic rings. The first-order valence-electron chi connectivity index (χ1n) is 6.04. The Labute approximate surface area is 116 Å². The number of aromatic nitrogens is 1. The van der Waals surface area contributed by atoms with Crippen LogP contribution >= 0.6 is 0 Å². The van der Waals surface area contributed by atoms with Gasteiger partial charge in [0.1, 0.15) is 0 Å². The maximum atomic E-state index is 10.6. The molecule has 1 aromatic carbocycles. The average Bonchev–Trinajstić information content (AvgIpc) is 2.46. The second kappa shape index (κ2) is 6.89. The van der Waals surface area contributed by atoms with Crippen LogP contribution in [0.4, 0.5) is 5.69 Å².